The van der Waals surface area contributed by atoms with Crippen molar-refractivity contribution in [3.63, 3.8) is 0 Å². The number of benzene rings is 1. The van der Waals surface area contributed by atoms with E-state index in [2.05, 4.69) is 10.3 Å². The lowest BCUT2D eigenvalue weighted by molar-refractivity contribution is 0.480. The Morgan fingerprint density at radius 3 is 2.82 bits per heavy atom. The summed E-state index contributed by atoms with van der Waals surface area (Å²) in [7, 11) is 1.88. The van der Waals surface area contributed by atoms with Crippen molar-refractivity contribution in [2.45, 2.75) is 6.54 Å². The molecule has 0 saturated carbocycles. The first-order valence-corrected chi connectivity index (χ1v) is 5.68. The van der Waals surface area contributed by atoms with Crippen LogP contribution in [0, 0.1) is 0 Å². The second-order valence-corrected chi connectivity index (χ2v) is 4.01. The van der Waals surface area contributed by atoms with Gasteiger partial charge in [0.1, 0.15) is 11.5 Å². The van der Waals surface area contributed by atoms with Crippen LogP contribution in [-0.4, -0.2) is 12.0 Å². The third kappa shape index (κ3) is 3.44. The summed E-state index contributed by atoms with van der Waals surface area (Å²) in [6, 6.07) is 11.0. The van der Waals surface area contributed by atoms with Gasteiger partial charge in [-0.2, -0.15) is 0 Å². The summed E-state index contributed by atoms with van der Waals surface area (Å²) in [5, 5.41) is 3.70. The van der Waals surface area contributed by atoms with Crippen LogP contribution in [0.2, 0.25) is 5.02 Å². The van der Waals surface area contributed by atoms with Gasteiger partial charge in [-0.1, -0.05) is 17.7 Å². The number of ether oxygens (including phenoxy) is 1. The van der Waals surface area contributed by atoms with Gasteiger partial charge < -0.3 is 10.1 Å². The molecule has 1 N–H and O–H groups in total. The fraction of sp³-hybridized carbons (Fsp3) is 0.154. The lowest BCUT2D eigenvalue weighted by Crippen LogP contribution is -2.06. The Kier molecular flexibility index (Phi) is 3.96. The topological polar surface area (TPSA) is 34.1 Å². The van der Waals surface area contributed by atoms with Crippen molar-refractivity contribution in [3.05, 3.63) is 53.3 Å². The molecule has 4 heteroatoms. The van der Waals surface area contributed by atoms with E-state index in [1.807, 2.05) is 37.4 Å². The van der Waals surface area contributed by atoms with E-state index < -0.39 is 0 Å². The zero-order valence-corrected chi connectivity index (χ0v) is 10.2. The van der Waals surface area contributed by atoms with Gasteiger partial charge in [-0.15, -0.1) is 0 Å². The average molecular weight is 249 g/mol. The first kappa shape index (κ1) is 11.9. The Labute approximate surface area is 105 Å². The van der Waals surface area contributed by atoms with Gasteiger partial charge in [0, 0.05) is 23.8 Å². The van der Waals surface area contributed by atoms with E-state index in [0.717, 1.165) is 17.2 Å². The van der Waals surface area contributed by atoms with E-state index in [1.165, 1.54) is 0 Å². The van der Waals surface area contributed by atoms with Crippen molar-refractivity contribution in [2.24, 2.45) is 0 Å². The van der Waals surface area contributed by atoms with Crippen molar-refractivity contribution in [1.29, 1.82) is 0 Å². The maximum Gasteiger partial charge on any atom is 0.130 e. The predicted octanol–water partition coefficient (Wildman–Crippen LogP) is 3.25. The first-order valence-electron chi connectivity index (χ1n) is 5.31. The van der Waals surface area contributed by atoms with Crippen molar-refractivity contribution in [2.75, 3.05) is 7.05 Å². The van der Waals surface area contributed by atoms with Gasteiger partial charge in [0.15, 0.2) is 0 Å². The van der Waals surface area contributed by atoms with Crippen LogP contribution in [0.25, 0.3) is 0 Å². The van der Waals surface area contributed by atoms with Crippen molar-refractivity contribution in [1.82, 2.24) is 10.3 Å². The summed E-state index contributed by atoms with van der Waals surface area (Å²) < 4.78 is 5.69. The van der Waals surface area contributed by atoms with Gasteiger partial charge in [-0.3, -0.25) is 4.98 Å². The molecule has 0 radical (unpaired) electrons. The van der Waals surface area contributed by atoms with Gasteiger partial charge in [0.2, 0.25) is 0 Å². The molecular formula is C13H13ClN2O. The zero-order chi connectivity index (χ0) is 12.1. The molecular weight excluding hydrogens is 236 g/mol. The smallest absolute Gasteiger partial charge is 0.130 e. The third-order valence-electron chi connectivity index (χ3n) is 2.18. The largest absolute Gasteiger partial charge is 0.457 e. The molecule has 1 aromatic carbocycles. The molecule has 2 aromatic rings. The highest BCUT2D eigenvalue weighted by molar-refractivity contribution is 6.30. The van der Waals surface area contributed by atoms with E-state index in [1.54, 1.807) is 12.3 Å². The molecule has 0 amide bonds. The first-order chi connectivity index (χ1) is 8.28. The molecule has 2 rings (SSSR count). The van der Waals surface area contributed by atoms with Crippen molar-refractivity contribution >= 4 is 11.6 Å². The monoisotopic (exact) mass is 248 g/mol. The van der Waals surface area contributed by atoms with Crippen LogP contribution in [0.1, 0.15) is 5.69 Å². The minimum absolute atomic E-state index is 0.659. The molecule has 0 atom stereocenters. The van der Waals surface area contributed by atoms with Crippen molar-refractivity contribution in [3.8, 4) is 11.5 Å². The Hall–Kier alpha value is -1.58. The Morgan fingerprint density at radius 2 is 2.06 bits per heavy atom. The Bertz CT molecular complexity index is 502. The Morgan fingerprint density at radius 1 is 1.24 bits per heavy atom. The molecule has 1 aromatic heterocycles. The lowest BCUT2D eigenvalue weighted by atomic mass is 10.3. The van der Waals surface area contributed by atoms with Gasteiger partial charge >= 0.3 is 0 Å². The van der Waals surface area contributed by atoms with Crippen LogP contribution < -0.4 is 10.1 Å². The summed E-state index contributed by atoms with van der Waals surface area (Å²) in [6.07, 6.45) is 1.73. The van der Waals surface area contributed by atoms with Gasteiger partial charge in [0.05, 0.1) is 5.69 Å². The highest BCUT2D eigenvalue weighted by Gasteiger charge is 2.00. The quantitative estimate of drug-likeness (QED) is 0.902. The number of nitrogens with zero attached hydrogens (tertiary/aromatic N) is 1. The van der Waals surface area contributed by atoms with E-state index >= 15 is 0 Å². The zero-order valence-electron chi connectivity index (χ0n) is 9.48. The fourth-order valence-electron chi connectivity index (χ4n) is 1.46. The highest BCUT2D eigenvalue weighted by Crippen LogP contribution is 2.24. The van der Waals surface area contributed by atoms with Crippen LogP contribution in [0.3, 0.4) is 0 Å². The van der Waals surface area contributed by atoms with Gasteiger partial charge in [0.25, 0.3) is 0 Å². The predicted molar refractivity (Wildman–Crippen MR) is 68.5 cm³/mol. The van der Waals surface area contributed by atoms with Gasteiger partial charge in [-0.05, 0) is 31.3 Å². The molecule has 1 heterocycles. The number of rotatable bonds is 4. The molecule has 0 spiro atoms. The van der Waals surface area contributed by atoms with Crippen LogP contribution in [0.5, 0.6) is 11.5 Å². The minimum atomic E-state index is 0.659. The van der Waals surface area contributed by atoms with E-state index in [9.17, 15) is 0 Å². The third-order valence-corrected chi connectivity index (χ3v) is 2.41. The van der Waals surface area contributed by atoms with Crippen LogP contribution in [-0.2, 0) is 6.54 Å². The van der Waals surface area contributed by atoms with Crippen LogP contribution in [0.15, 0.2) is 42.6 Å². The molecule has 88 valence electrons. The molecule has 0 saturated heterocycles. The average Bonchev–Trinajstić information content (AvgIpc) is 2.30. The molecule has 0 bridgehead atoms. The molecule has 0 fully saturated rings. The number of hydrogen-bond acceptors (Lipinski definition) is 3. The van der Waals surface area contributed by atoms with E-state index in [0.29, 0.717) is 11.6 Å². The maximum atomic E-state index is 5.89. The van der Waals surface area contributed by atoms with Crippen LogP contribution >= 0.6 is 11.6 Å². The van der Waals surface area contributed by atoms with E-state index in [4.69, 9.17) is 16.3 Å². The highest BCUT2D eigenvalue weighted by atomic mass is 35.5. The summed E-state index contributed by atoms with van der Waals surface area (Å²) in [6.45, 7) is 0.715. The lowest BCUT2D eigenvalue weighted by Gasteiger charge is -2.07. The molecule has 17 heavy (non-hydrogen) atoms. The van der Waals surface area contributed by atoms with E-state index in [-0.39, 0.29) is 0 Å². The maximum absolute atomic E-state index is 5.89. The van der Waals surface area contributed by atoms with Crippen molar-refractivity contribution < 1.29 is 4.74 Å². The fourth-order valence-corrected chi connectivity index (χ4v) is 1.64. The molecule has 0 unspecified atom stereocenters. The van der Waals surface area contributed by atoms with Crippen LogP contribution in [0.4, 0.5) is 0 Å². The second-order valence-electron chi connectivity index (χ2n) is 3.57. The Balaban J connectivity index is 2.15. The molecule has 3 nitrogen and oxygen atoms in total. The SMILES string of the molecule is CNCc1cc(Oc2cccc(Cl)c2)ccn1. The normalized spacial score (nSPS) is 10.2. The number of aromatic nitrogens is 1. The summed E-state index contributed by atoms with van der Waals surface area (Å²) in [5.74, 6) is 1.48. The summed E-state index contributed by atoms with van der Waals surface area (Å²) in [4.78, 5) is 4.22. The number of halogens is 1. The number of pyridine rings is 1. The standard InChI is InChI=1S/C13H13ClN2O/c1-15-9-11-8-13(5-6-16-11)17-12-4-2-3-10(14)7-12/h2-8,15H,9H2,1H3. The second kappa shape index (κ2) is 5.66. The minimum Gasteiger partial charge on any atom is -0.457 e. The summed E-state index contributed by atoms with van der Waals surface area (Å²) in [5.41, 5.74) is 0.937. The van der Waals surface area contributed by atoms with Gasteiger partial charge in [-0.25, -0.2) is 0 Å². The summed E-state index contributed by atoms with van der Waals surface area (Å²) >= 11 is 5.89. The molecule has 0 aliphatic rings. The molecule has 0 aliphatic heterocycles. The number of hydrogen-bond donors (Lipinski definition) is 1. The molecule has 0 aliphatic carbocycles. The number of nitrogens with one attached hydrogen (secondary N) is 1.